The van der Waals surface area contributed by atoms with Gasteiger partial charge < -0.3 is 9.47 Å². The summed E-state index contributed by atoms with van der Waals surface area (Å²) in [6.07, 6.45) is 6.19. The molecule has 28 heavy (non-hydrogen) atoms. The molecule has 8 heteroatoms. The van der Waals surface area contributed by atoms with E-state index < -0.39 is 16.1 Å². The van der Waals surface area contributed by atoms with E-state index in [1.807, 2.05) is 29.9 Å². The van der Waals surface area contributed by atoms with Gasteiger partial charge in [0.05, 0.1) is 19.9 Å². The summed E-state index contributed by atoms with van der Waals surface area (Å²) in [4.78, 5) is 11.3. The van der Waals surface area contributed by atoms with Crippen LogP contribution in [0.2, 0.25) is 0 Å². The first-order valence-electron chi connectivity index (χ1n) is 8.85. The Morgan fingerprint density at radius 3 is 2.36 bits per heavy atom. The molecule has 1 aliphatic rings. The van der Waals surface area contributed by atoms with Crippen LogP contribution in [0.5, 0.6) is 0 Å². The molecular formula is C20H26N2O5S. The van der Waals surface area contributed by atoms with E-state index in [0.717, 1.165) is 34.7 Å². The highest BCUT2D eigenvalue weighted by atomic mass is 32.2. The van der Waals surface area contributed by atoms with Gasteiger partial charge in [0, 0.05) is 0 Å². The Labute approximate surface area is 166 Å². The molecular weight excluding hydrogens is 380 g/mol. The largest absolute Gasteiger partial charge is 0.493 e. The minimum absolute atomic E-state index is 0.185. The first-order chi connectivity index (χ1) is 13.3. The third-order valence-corrected chi connectivity index (χ3v) is 5.73. The van der Waals surface area contributed by atoms with Gasteiger partial charge in [-0.15, -0.1) is 0 Å². The summed E-state index contributed by atoms with van der Waals surface area (Å²) in [6.45, 7) is 5.55. The fraction of sp³-hybridized carbons (Fsp3) is 0.350. The molecule has 1 heterocycles. The van der Waals surface area contributed by atoms with E-state index in [0.29, 0.717) is 17.2 Å². The predicted octanol–water partition coefficient (Wildman–Crippen LogP) is 2.83. The fourth-order valence-corrected chi connectivity index (χ4v) is 4.04. The number of benzene rings is 1. The molecule has 1 saturated heterocycles. The lowest BCUT2D eigenvalue weighted by molar-refractivity contribution is -0.117. The van der Waals surface area contributed by atoms with Crippen LogP contribution in [0.1, 0.15) is 25.3 Å². The lowest BCUT2D eigenvalue weighted by Crippen LogP contribution is -2.29. The zero-order valence-corrected chi connectivity index (χ0v) is 17.2. The van der Waals surface area contributed by atoms with Crippen LogP contribution in [0, 0.1) is 0 Å². The van der Waals surface area contributed by atoms with Gasteiger partial charge in [0.2, 0.25) is 0 Å². The van der Waals surface area contributed by atoms with Crippen molar-refractivity contribution in [1.82, 2.24) is 4.72 Å². The molecule has 0 saturated carbocycles. The van der Waals surface area contributed by atoms with E-state index in [1.54, 1.807) is 32.4 Å². The number of carbonyl (C=O) groups is 1. The lowest BCUT2D eigenvalue weighted by atomic mass is 10.0. The second kappa shape index (κ2) is 9.45. The van der Waals surface area contributed by atoms with Crippen LogP contribution in [-0.2, 0) is 30.9 Å². The van der Waals surface area contributed by atoms with E-state index in [1.165, 1.54) is 0 Å². The summed E-state index contributed by atoms with van der Waals surface area (Å²) in [6, 6.07) is 7.20. The Balaban J connectivity index is 1.95. The summed E-state index contributed by atoms with van der Waals surface area (Å²) < 4.78 is 37.3. The number of nitrogens with zero attached hydrogens (tertiary/aromatic N) is 1. The molecule has 152 valence electrons. The van der Waals surface area contributed by atoms with Crippen LogP contribution < -0.4 is 9.03 Å². The number of aryl methyl sites for hydroxylation is 1. The number of rotatable bonds is 9. The molecule has 1 N–H and O–H groups in total. The van der Waals surface area contributed by atoms with Gasteiger partial charge in [-0.1, -0.05) is 24.3 Å². The first kappa shape index (κ1) is 21.6. The highest BCUT2D eigenvalue weighted by Gasteiger charge is 2.33. The first-order valence-corrected chi connectivity index (χ1v) is 10.3. The quantitative estimate of drug-likeness (QED) is 0.504. The maximum Gasteiger partial charge on any atom is 0.326 e. The van der Waals surface area contributed by atoms with E-state index >= 15 is 0 Å². The van der Waals surface area contributed by atoms with Crippen LogP contribution in [0.15, 0.2) is 60.1 Å². The molecule has 0 aliphatic carbocycles. The zero-order chi connectivity index (χ0) is 20.7. The number of hydrogen-bond donors (Lipinski definition) is 1. The van der Waals surface area contributed by atoms with E-state index in [2.05, 4.69) is 6.58 Å². The van der Waals surface area contributed by atoms with Gasteiger partial charge >= 0.3 is 10.2 Å². The lowest BCUT2D eigenvalue weighted by Gasteiger charge is -2.15. The summed E-state index contributed by atoms with van der Waals surface area (Å²) >= 11 is 0. The van der Waals surface area contributed by atoms with Gasteiger partial charge in [0.25, 0.3) is 5.91 Å². The van der Waals surface area contributed by atoms with Crippen LogP contribution in [-0.4, -0.2) is 35.1 Å². The monoisotopic (exact) mass is 406 g/mol. The van der Waals surface area contributed by atoms with Crippen molar-refractivity contribution in [2.45, 2.75) is 26.2 Å². The normalized spacial score (nSPS) is 17.0. The summed E-state index contributed by atoms with van der Waals surface area (Å²) in [5.41, 5.74) is 2.72. The van der Waals surface area contributed by atoms with Gasteiger partial charge in [-0.2, -0.15) is 8.42 Å². The van der Waals surface area contributed by atoms with Gasteiger partial charge in [0.1, 0.15) is 6.54 Å². The second-order valence-electron chi connectivity index (χ2n) is 6.39. The van der Waals surface area contributed by atoms with Gasteiger partial charge in [-0.05, 0) is 56.0 Å². The number of carbonyl (C=O) groups excluding carboxylic acids is 1. The van der Waals surface area contributed by atoms with Crippen molar-refractivity contribution in [3.05, 3.63) is 65.7 Å². The molecule has 1 fully saturated rings. The van der Waals surface area contributed by atoms with Crippen molar-refractivity contribution in [3.8, 4) is 0 Å². The van der Waals surface area contributed by atoms with Crippen molar-refractivity contribution in [2.75, 3.05) is 25.1 Å². The van der Waals surface area contributed by atoms with Gasteiger partial charge in [-0.3, -0.25) is 4.79 Å². The molecule has 1 aliphatic heterocycles. The van der Waals surface area contributed by atoms with E-state index in [9.17, 15) is 13.2 Å². The molecule has 2 rings (SSSR count). The minimum Gasteiger partial charge on any atom is -0.493 e. The molecule has 0 spiro atoms. The van der Waals surface area contributed by atoms with Crippen molar-refractivity contribution in [1.29, 1.82) is 0 Å². The smallest absolute Gasteiger partial charge is 0.326 e. The van der Waals surface area contributed by atoms with Crippen LogP contribution in [0.3, 0.4) is 0 Å². The minimum atomic E-state index is -3.76. The zero-order valence-electron chi connectivity index (χ0n) is 16.4. The average molecular weight is 407 g/mol. The van der Waals surface area contributed by atoms with Crippen molar-refractivity contribution in [2.24, 2.45) is 0 Å². The number of allylic oxidation sites excluding steroid dienone is 3. The van der Waals surface area contributed by atoms with Crippen molar-refractivity contribution < 1.29 is 22.7 Å². The Kier molecular flexibility index (Phi) is 7.28. The molecule has 1 aromatic carbocycles. The molecule has 7 nitrogen and oxygen atoms in total. The van der Waals surface area contributed by atoms with Crippen LogP contribution >= 0.6 is 0 Å². The molecule has 1 aromatic rings. The average Bonchev–Trinajstić information content (AvgIpc) is 2.94. The van der Waals surface area contributed by atoms with Gasteiger partial charge in [0.15, 0.2) is 11.5 Å². The number of nitrogens with one attached hydrogen (secondary N) is 1. The molecule has 0 bridgehead atoms. The molecule has 1 amide bonds. The SMILES string of the molecule is C=C/C(OC)=C(\C=C(/C)CCCc1ccc(N2CC(=O)NS2(=O)=O)cc1)OC. The summed E-state index contributed by atoms with van der Waals surface area (Å²) in [7, 11) is -0.601. The Morgan fingerprint density at radius 2 is 1.86 bits per heavy atom. The van der Waals surface area contributed by atoms with Crippen LogP contribution in [0.4, 0.5) is 5.69 Å². The molecule has 0 atom stereocenters. The van der Waals surface area contributed by atoms with Gasteiger partial charge in [-0.25, -0.2) is 9.03 Å². The Morgan fingerprint density at radius 1 is 1.21 bits per heavy atom. The number of methoxy groups -OCH3 is 2. The third-order valence-electron chi connectivity index (χ3n) is 4.33. The predicted molar refractivity (Wildman–Crippen MR) is 109 cm³/mol. The molecule has 0 radical (unpaired) electrons. The summed E-state index contributed by atoms with van der Waals surface area (Å²) in [5, 5.41) is 0. The van der Waals surface area contributed by atoms with E-state index in [4.69, 9.17) is 9.47 Å². The number of anilines is 1. The number of hydrogen-bond acceptors (Lipinski definition) is 5. The van der Waals surface area contributed by atoms with Crippen molar-refractivity contribution >= 4 is 21.8 Å². The maximum absolute atomic E-state index is 11.9. The molecule has 0 unspecified atom stereocenters. The highest BCUT2D eigenvalue weighted by Crippen LogP contribution is 2.22. The van der Waals surface area contributed by atoms with Crippen molar-refractivity contribution in [3.63, 3.8) is 0 Å². The summed E-state index contributed by atoms with van der Waals surface area (Å²) in [5.74, 6) is 0.695. The third kappa shape index (κ3) is 5.39. The maximum atomic E-state index is 11.9. The standard InChI is InChI=1S/C20H26N2O5S/c1-5-18(26-3)19(27-4)13-15(2)7-6-8-16-9-11-17(12-10-16)22-14-20(23)21-28(22,24)25/h5,9-13H,1,6-8,14H2,2-4H3,(H,21,23)/b15-13+,19-18-. The molecule has 0 aromatic heterocycles. The topological polar surface area (TPSA) is 84.9 Å². The second-order valence-corrected chi connectivity index (χ2v) is 7.98. The Hall–Kier alpha value is -2.74. The van der Waals surface area contributed by atoms with E-state index in [-0.39, 0.29) is 6.54 Å². The number of amides is 1. The highest BCUT2D eigenvalue weighted by molar-refractivity contribution is 7.92. The number of ether oxygens (including phenoxy) is 2. The Bertz CT molecular complexity index is 886. The van der Waals surface area contributed by atoms with Crippen LogP contribution in [0.25, 0.3) is 0 Å². The fourth-order valence-electron chi connectivity index (χ4n) is 2.89.